The van der Waals surface area contributed by atoms with Crippen molar-refractivity contribution >= 4 is 12.0 Å². The molecule has 0 radical (unpaired) electrons. The maximum absolute atomic E-state index is 10.0. The SMILES string of the molecule is NCc1cccc(NCC=O)c1. The smallest absolute Gasteiger partial charge is 0.139 e. The molecule has 3 heteroatoms. The lowest BCUT2D eigenvalue weighted by molar-refractivity contribution is -0.106. The van der Waals surface area contributed by atoms with Crippen LogP contribution < -0.4 is 11.1 Å². The molecule has 0 atom stereocenters. The van der Waals surface area contributed by atoms with E-state index in [1.807, 2.05) is 24.3 Å². The summed E-state index contributed by atoms with van der Waals surface area (Å²) in [5.41, 5.74) is 7.45. The van der Waals surface area contributed by atoms with E-state index in [2.05, 4.69) is 5.32 Å². The third-order valence-corrected chi connectivity index (χ3v) is 1.55. The fourth-order valence-electron chi connectivity index (χ4n) is 0.968. The fourth-order valence-corrected chi connectivity index (χ4v) is 0.968. The summed E-state index contributed by atoms with van der Waals surface area (Å²) >= 11 is 0. The van der Waals surface area contributed by atoms with Crippen molar-refractivity contribution in [2.75, 3.05) is 11.9 Å². The van der Waals surface area contributed by atoms with Crippen molar-refractivity contribution in [1.29, 1.82) is 0 Å². The van der Waals surface area contributed by atoms with Gasteiger partial charge in [0.2, 0.25) is 0 Å². The molecule has 0 bridgehead atoms. The number of nitrogens with one attached hydrogen (secondary N) is 1. The number of hydrogen-bond acceptors (Lipinski definition) is 3. The second kappa shape index (κ2) is 4.51. The molecule has 0 aliphatic carbocycles. The van der Waals surface area contributed by atoms with Gasteiger partial charge in [0.05, 0.1) is 6.54 Å². The van der Waals surface area contributed by atoms with Crippen molar-refractivity contribution in [3.8, 4) is 0 Å². The average Bonchev–Trinajstić information content (AvgIpc) is 2.15. The van der Waals surface area contributed by atoms with Crippen LogP contribution in [0.1, 0.15) is 5.56 Å². The zero-order chi connectivity index (χ0) is 8.81. The van der Waals surface area contributed by atoms with Gasteiger partial charge in [-0.05, 0) is 17.7 Å². The van der Waals surface area contributed by atoms with Gasteiger partial charge >= 0.3 is 0 Å². The Labute approximate surface area is 71.6 Å². The van der Waals surface area contributed by atoms with Crippen LogP contribution in [0.25, 0.3) is 0 Å². The summed E-state index contributed by atoms with van der Waals surface area (Å²) in [4.78, 5) is 10.0. The van der Waals surface area contributed by atoms with Crippen LogP contribution in [-0.2, 0) is 11.3 Å². The van der Waals surface area contributed by atoms with E-state index >= 15 is 0 Å². The van der Waals surface area contributed by atoms with E-state index in [9.17, 15) is 4.79 Å². The molecule has 0 aromatic heterocycles. The summed E-state index contributed by atoms with van der Waals surface area (Å²) in [5, 5.41) is 2.95. The minimum Gasteiger partial charge on any atom is -0.378 e. The molecule has 0 spiro atoms. The Morgan fingerprint density at radius 3 is 3.00 bits per heavy atom. The van der Waals surface area contributed by atoms with Gasteiger partial charge in [-0.25, -0.2) is 0 Å². The van der Waals surface area contributed by atoms with Crippen molar-refractivity contribution in [2.24, 2.45) is 5.73 Å². The van der Waals surface area contributed by atoms with Crippen LogP contribution in [0.4, 0.5) is 5.69 Å². The largest absolute Gasteiger partial charge is 0.378 e. The molecule has 0 unspecified atom stereocenters. The third kappa shape index (κ3) is 2.36. The Bertz CT molecular complexity index is 260. The molecular weight excluding hydrogens is 152 g/mol. The lowest BCUT2D eigenvalue weighted by Gasteiger charge is -2.03. The van der Waals surface area contributed by atoms with Crippen LogP contribution in [0.5, 0.6) is 0 Å². The Kier molecular flexibility index (Phi) is 3.29. The number of hydrogen-bond donors (Lipinski definition) is 2. The van der Waals surface area contributed by atoms with E-state index < -0.39 is 0 Å². The zero-order valence-electron chi connectivity index (χ0n) is 6.79. The number of aldehydes is 1. The molecule has 0 saturated carbocycles. The van der Waals surface area contributed by atoms with Crippen molar-refractivity contribution < 1.29 is 4.79 Å². The van der Waals surface area contributed by atoms with E-state index in [-0.39, 0.29) is 0 Å². The summed E-state index contributed by atoms with van der Waals surface area (Å²) in [6, 6.07) is 7.70. The first-order chi connectivity index (χ1) is 5.86. The van der Waals surface area contributed by atoms with Crippen molar-refractivity contribution in [3.63, 3.8) is 0 Å². The lowest BCUT2D eigenvalue weighted by atomic mass is 10.2. The first-order valence-corrected chi connectivity index (χ1v) is 3.83. The van der Waals surface area contributed by atoms with Crippen LogP contribution in [0.2, 0.25) is 0 Å². The fraction of sp³-hybridized carbons (Fsp3) is 0.222. The number of carbonyl (C=O) groups is 1. The second-order valence-corrected chi connectivity index (χ2v) is 2.45. The van der Waals surface area contributed by atoms with E-state index in [0.29, 0.717) is 13.1 Å². The average molecular weight is 164 g/mol. The highest BCUT2D eigenvalue weighted by molar-refractivity contribution is 5.59. The van der Waals surface area contributed by atoms with E-state index in [1.54, 1.807) is 0 Å². The molecule has 12 heavy (non-hydrogen) atoms. The van der Waals surface area contributed by atoms with Crippen molar-refractivity contribution in [2.45, 2.75) is 6.54 Å². The number of carbonyl (C=O) groups excluding carboxylic acids is 1. The van der Waals surface area contributed by atoms with Crippen LogP contribution >= 0.6 is 0 Å². The topological polar surface area (TPSA) is 55.1 Å². The van der Waals surface area contributed by atoms with Gasteiger partial charge in [-0.2, -0.15) is 0 Å². The van der Waals surface area contributed by atoms with E-state index in [0.717, 1.165) is 17.5 Å². The molecule has 64 valence electrons. The van der Waals surface area contributed by atoms with Crippen molar-refractivity contribution in [3.05, 3.63) is 29.8 Å². The number of anilines is 1. The minimum atomic E-state index is 0.341. The highest BCUT2D eigenvalue weighted by Gasteiger charge is 1.91. The molecule has 0 saturated heterocycles. The third-order valence-electron chi connectivity index (χ3n) is 1.55. The lowest BCUT2D eigenvalue weighted by Crippen LogP contribution is -2.03. The predicted molar refractivity (Wildman–Crippen MR) is 48.9 cm³/mol. The van der Waals surface area contributed by atoms with Gasteiger partial charge in [-0.1, -0.05) is 12.1 Å². The van der Waals surface area contributed by atoms with E-state index in [1.165, 1.54) is 0 Å². The van der Waals surface area contributed by atoms with Gasteiger partial charge in [0.25, 0.3) is 0 Å². The summed E-state index contributed by atoms with van der Waals surface area (Å²) < 4.78 is 0. The Morgan fingerprint density at radius 2 is 2.33 bits per heavy atom. The standard InChI is InChI=1S/C9H12N2O/c10-7-8-2-1-3-9(6-8)11-4-5-12/h1-3,5-6,11H,4,7,10H2. The summed E-state index contributed by atoms with van der Waals surface area (Å²) in [6.45, 7) is 0.866. The van der Waals surface area contributed by atoms with Gasteiger partial charge < -0.3 is 15.8 Å². The molecular formula is C9H12N2O. The highest BCUT2D eigenvalue weighted by atomic mass is 16.1. The molecule has 3 nitrogen and oxygen atoms in total. The van der Waals surface area contributed by atoms with E-state index in [4.69, 9.17) is 5.73 Å². The summed E-state index contributed by atoms with van der Waals surface area (Å²) in [7, 11) is 0. The second-order valence-electron chi connectivity index (χ2n) is 2.45. The van der Waals surface area contributed by atoms with Crippen LogP contribution in [0.15, 0.2) is 24.3 Å². The Balaban J connectivity index is 2.65. The number of benzene rings is 1. The molecule has 0 amide bonds. The Morgan fingerprint density at radius 1 is 1.50 bits per heavy atom. The first-order valence-electron chi connectivity index (χ1n) is 3.83. The molecule has 0 aliphatic rings. The Hall–Kier alpha value is -1.35. The van der Waals surface area contributed by atoms with Crippen LogP contribution in [-0.4, -0.2) is 12.8 Å². The molecule has 1 aromatic rings. The normalized spacial score (nSPS) is 9.42. The van der Waals surface area contributed by atoms with Gasteiger partial charge in [-0.15, -0.1) is 0 Å². The van der Waals surface area contributed by atoms with Gasteiger partial charge in [0.15, 0.2) is 0 Å². The molecule has 0 fully saturated rings. The predicted octanol–water partition coefficient (Wildman–Crippen LogP) is 0.756. The number of rotatable bonds is 4. The quantitative estimate of drug-likeness (QED) is 0.646. The maximum Gasteiger partial charge on any atom is 0.139 e. The summed E-state index contributed by atoms with van der Waals surface area (Å²) in [5.74, 6) is 0. The van der Waals surface area contributed by atoms with Gasteiger partial charge in [-0.3, -0.25) is 0 Å². The highest BCUT2D eigenvalue weighted by Crippen LogP contribution is 2.08. The van der Waals surface area contributed by atoms with Gasteiger partial charge in [0, 0.05) is 12.2 Å². The summed E-state index contributed by atoms with van der Waals surface area (Å²) in [6.07, 6.45) is 0.828. The number of nitrogens with two attached hydrogens (primary N) is 1. The van der Waals surface area contributed by atoms with Crippen LogP contribution in [0.3, 0.4) is 0 Å². The maximum atomic E-state index is 10.0. The van der Waals surface area contributed by atoms with Crippen molar-refractivity contribution in [1.82, 2.24) is 0 Å². The molecule has 0 aliphatic heterocycles. The van der Waals surface area contributed by atoms with Gasteiger partial charge in [0.1, 0.15) is 6.29 Å². The molecule has 0 heterocycles. The first kappa shape index (κ1) is 8.74. The molecule has 1 aromatic carbocycles. The molecule has 1 rings (SSSR count). The zero-order valence-corrected chi connectivity index (χ0v) is 6.79. The monoisotopic (exact) mass is 164 g/mol. The van der Waals surface area contributed by atoms with Crippen LogP contribution in [0, 0.1) is 0 Å². The minimum absolute atomic E-state index is 0.341. The molecule has 3 N–H and O–H groups in total.